The summed E-state index contributed by atoms with van der Waals surface area (Å²) in [5.41, 5.74) is -1.05. The van der Waals surface area contributed by atoms with Gasteiger partial charge in [0.25, 0.3) is 5.56 Å². The van der Waals surface area contributed by atoms with Crippen LogP contribution in [-0.2, 0) is 0 Å². The van der Waals surface area contributed by atoms with Crippen molar-refractivity contribution in [2.45, 2.75) is 19.8 Å². The van der Waals surface area contributed by atoms with Gasteiger partial charge in [-0.3, -0.25) is 9.78 Å². The van der Waals surface area contributed by atoms with Crippen molar-refractivity contribution in [3.8, 4) is 0 Å². The highest BCUT2D eigenvalue weighted by Crippen LogP contribution is 2.36. The van der Waals surface area contributed by atoms with Crippen LogP contribution in [0.25, 0.3) is 0 Å². The number of H-pyrrole nitrogens is 2. The summed E-state index contributed by atoms with van der Waals surface area (Å²) in [4.78, 5) is 24.1. The maximum atomic E-state index is 11.2. The molecule has 1 aliphatic rings. The van der Waals surface area contributed by atoms with E-state index in [1.807, 2.05) is 0 Å². The van der Waals surface area contributed by atoms with Crippen LogP contribution in [0.1, 0.15) is 19.8 Å². The molecular formula is C9H14N4O2. The fraction of sp³-hybridized carbons (Fsp3) is 0.667. The lowest BCUT2D eigenvalue weighted by Gasteiger charge is -2.10. The van der Waals surface area contributed by atoms with Gasteiger partial charge in [-0.2, -0.15) is 0 Å². The molecule has 0 amide bonds. The Hall–Kier alpha value is -1.59. The predicted molar refractivity (Wildman–Crippen MR) is 55.9 cm³/mol. The summed E-state index contributed by atoms with van der Waals surface area (Å²) < 4.78 is 0. The van der Waals surface area contributed by atoms with Gasteiger partial charge < -0.3 is 5.32 Å². The fourth-order valence-corrected chi connectivity index (χ4v) is 1.56. The van der Waals surface area contributed by atoms with Crippen molar-refractivity contribution in [1.82, 2.24) is 15.2 Å². The summed E-state index contributed by atoms with van der Waals surface area (Å²) in [6.07, 6.45) is 2.55. The van der Waals surface area contributed by atoms with Crippen LogP contribution in [0.3, 0.4) is 0 Å². The second kappa shape index (κ2) is 3.88. The number of hydrogen-bond acceptors (Lipinski definition) is 4. The zero-order valence-corrected chi connectivity index (χ0v) is 8.54. The van der Waals surface area contributed by atoms with Crippen LogP contribution in [-0.4, -0.2) is 21.7 Å². The fourth-order valence-electron chi connectivity index (χ4n) is 1.56. The highest BCUT2D eigenvalue weighted by Gasteiger charge is 2.27. The first-order chi connectivity index (χ1) is 7.16. The van der Waals surface area contributed by atoms with Crippen molar-refractivity contribution in [3.63, 3.8) is 0 Å². The van der Waals surface area contributed by atoms with E-state index in [9.17, 15) is 9.59 Å². The smallest absolute Gasteiger partial charge is 0.342 e. The first kappa shape index (κ1) is 9.95. The number of nitrogens with one attached hydrogen (secondary N) is 3. The van der Waals surface area contributed by atoms with E-state index in [4.69, 9.17) is 0 Å². The third kappa shape index (κ3) is 2.45. The Morgan fingerprint density at radius 1 is 1.53 bits per heavy atom. The van der Waals surface area contributed by atoms with Crippen LogP contribution >= 0.6 is 0 Å². The van der Waals surface area contributed by atoms with Gasteiger partial charge in [-0.15, -0.1) is 5.10 Å². The molecule has 82 valence electrons. The number of rotatable bonds is 4. The molecule has 1 unspecified atom stereocenters. The topological polar surface area (TPSA) is 90.6 Å². The first-order valence-corrected chi connectivity index (χ1v) is 5.09. The highest BCUT2D eigenvalue weighted by molar-refractivity contribution is 5.28. The van der Waals surface area contributed by atoms with E-state index in [-0.39, 0.29) is 5.82 Å². The molecule has 0 aliphatic heterocycles. The second-order valence-electron chi connectivity index (χ2n) is 4.05. The minimum atomic E-state index is -0.583. The number of hydrogen-bond donors (Lipinski definition) is 3. The average molecular weight is 210 g/mol. The van der Waals surface area contributed by atoms with Gasteiger partial charge in [-0.05, 0) is 24.7 Å². The molecule has 1 fully saturated rings. The van der Waals surface area contributed by atoms with Crippen LogP contribution in [0.5, 0.6) is 0 Å². The standard InChI is InChI=1S/C9H14N4O2/c1-5(6-2-3-6)4-10-7-8(14)11-9(15)13-12-7/h5-6H,2-4H2,1H3,(H,10,12)(H2,11,13,14,15). The van der Waals surface area contributed by atoms with Gasteiger partial charge in [0.1, 0.15) is 0 Å². The molecule has 0 spiro atoms. The first-order valence-electron chi connectivity index (χ1n) is 5.09. The van der Waals surface area contributed by atoms with Crippen LogP contribution in [0, 0.1) is 11.8 Å². The molecule has 1 aromatic heterocycles. The summed E-state index contributed by atoms with van der Waals surface area (Å²) in [6.45, 7) is 2.86. The minimum Gasteiger partial charge on any atom is -0.364 e. The van der Waals surface area contributed by atoms with Crippen molar-refractivity contribution >= 4 is 5.82 Å². The summed E-state index contributed by atoms with van der Waals surface area (Å²) in [7, 11) is 0. The average Bonchev–Trinajstić information content (AvgIpc) is 2.99. The highest BCUT2D eigenvalue weighted by atomic mass is 16.2. The number of aromatic amines is 2. The van der Waals surface area contributed by atoms with Crippen molar-refractivity contribution < 1.29 is 0 Å². The Bertz CT molecular complexity index is 446. The summed E-state index contributed by atoms with van der Waals surface area (Å²) in [5, 5.41) is 8.76. The Labute approximate surface area is 86.1 Å². The van der Waals surface area contributed by atoms with Crippen LogP contribution in [0.4, 0.5) is 5.82 Å². The molecule has 1 atom stereocenters. The Balaban J connectivity index is 1.98. The molecule has 1 aromatic rings. The molecule has 1 heterocycles. The molecular weight excluding hydrogens is 196 g/mol. The maximum absolute atomic E-state index is 11.2. The monoisotopic (exact) mass is 210 g/mol. The van der Waals surface area contributed by atoms with E-state index in [1.54, 1.807) is 0 Å². The van der Waals surface area contributed by atoms with Crippen LogP contribution in [0.15, 0.2) is 9.59 Å². The summed E-state index contributed by atoms with van der Waals surface area (Å²) >= 11 is 0. The molecule has 3 N–H and O–H groups in total. The van der Waals surface area contributed by atoms with Crippen LogP contribution in [0.2, 0.25) is 0 Å². The van der Waals surface area contributed by atoms with E-state index < -0.39 is 11.2 Å². The molecule has 0 saturated heterocycles. The van der Waals surface area contributed by atoms with E-state index in [2.05, 4.69) is 27.4 Å². The molecule has 15 heavy (non-hydrogen) atoms. The predicted octanol–water partition coefficient (Wildman–Crippen LogP) is -0.0838. The maximum Gasteiger partial charge on any atom is 0.342 e. The Kier molecular flexibility index (Phi) is 2.57. The number of anilines is 1. The second-order valence-corrected chi connectivity index (χ2v) is 4.05. The molecule has 1 aliphatic carbocycles. The van der Waals surface area contributed by atoms with Gasteiger partial charge in [-0.1, -0.05) is 6.92 Å². The van der Waals surface area contributed by atoms with Crippen molar-refractivity contribution in [1.29, 1.82) is 0 Å². The lowest BCUT2D eigenvalue weighted by Crippen LogP contribution is -2.28. The van der Waals surface area contributed by atoms with E-state index >= 15 is 0 Å². The lowest BCUT2D eigenvalue weighted by molar-refractivity contribution is 0.535. The molecule has 1 saturated carbocycles. The Morgan fingerprint density at radius 3 is 2.87 bits per heavy atom. The third-order valence-corrected chi connectivity index (χ3v) is 2.73. The molecule has 0 radical (unpaired) electrons. The zero-order valence-electron chi connectivity index (χ0n) is 8.54. The quantitative estimate of drug-likeness (QED) is 0.648. The van der Waals surface area contributed by atoms with Gasteiger partial charge in [-0.25, -0.2) is 9.89 Å². The molecule has 0 aromatic carbocycles. The van der Waals surface area contributed by atoms with Gasteiger partial charge in [0.05, 0.1) is 0 Å². The largest absolute Gasteiger partial charge is 0.364 e. The summed E-state index contributed by atoms with van der Waals surface area (Å²) in [6, 6.07) is 0. The molecule has 6 nitrogen and oxygen atoms in total. The molecule has 0 bridgehead atoms. The third-order valence-electron chi connectivity index (χ3n) is 2.73. The minimum absolute atomic E-state index is 0.183. The number of aromatic nitrogens is 3. The summed E-state index contributed by atoms with van der Waals surface area (Å²) in [5.74, 6) is 1.50. The van der Waals surface area contributed by atoms with Crippen molar-refractivity contribution in [2.75, 3.05) is 11.9 Å². The normalized spacial score (nSPS) is 17.4. The molecule has 2 rings (SSSR count). The Morgan fingerprint density at radius 2 is 2.27 bits per heavy atom. The van der Waals surface area contributed by atoms with Crippen molar-refractivity contribution in [2.24, 2.45) is 11.8 Å². The van der Waals surface area contributed by atoms with Gasteiger partial charge in [0.2, 0.25) is 5.82 Å². The molecule has 6 heteroatoms. The van der Waals surface area contributed by atoms with Crippen LogP contribution < -0.4 is 16.6 Å². The van der Waals surface area contributed by atoms with Gasteiger partial charge in [0.15, 0.2) is 0 Å². The van der Waals surface area contributed by atoms with E-state index in [1.165, 1.54) is 12.8 Å². The SMILES string of the molecule is CC(CNc1n[nH]c(=O)[nH]c1=O)C1CC1. The van der Waals surface area contributed by atoms with Gasteiger partial charge >= 0.3 is 5.69 Å². The lowest BCUT2D eigenvalue weighted by atomic mass is 10.1. The van der Waals surface area contributed by atoms with Crippen molar-refractivity contribution in [3.05, 3.63) is 20.8 Å². The van der Waals surface area contributed by atoms with E-state index in [0.717, 1.165) is 5.92 Å². The van der Waals surface area contributed by atoms with Gasteiger partial charge in [0, 0.05) is 6.54 Å². The van der Waals surface area contributed by atoms with E-state index in [0.29, 0.717) is 12.5 Å². The zero-order chi connectivity index (χ0) is 10.8. The number of nitrogens with zero attached hydrogens (tertiary/aromatic N) is 1.